The molecule has 0 unspecified atom stereocenters. The normalized spacial score (nSPS) is 15.9. The molecule has 12 rings (SSSR count). The number of methoxy groups -OCH3 is 1. The molecule has 6 aromatic carbocycles. The van der Waals surface area contributed by atoms with Crippen LogP contribution in [0, 0.1) is 37.1 Å². The van der Waals surface area contributed by atoms with Gasteiger partial charge >= 0.3 is 81.3 Å². The molecule has 42 nitrogen and oxygen atoms in total. The zero-order chi connectivity index (χ0) is 130. The SMILES string of the molecule is Cc1nnc(C(=O)[O-])o1.NCc1ccc(F)cc1.[2H]C([2H])([2H])n1c(C(N)(C([2H])([2H])[2H])C([2H])([2H])[2H])nc(C(=O)NCc2ccc(F)cc2)c(O)c1=O.[2H]C([2H])([2H])n1c(C(NC(=O)OCc2ccccc2)(C([2H])([2H])[2H])C([2H])([2H])[2H])nc(C(=O)NCc2ccc(F)cc2)c(O)c1=O.[2H]C([2H])([2H])n1c(C(NC(=O)OCc2ccccc2)(C([2H])([2H])[2H])C([2H])([2H])[2H])nc(C(=O)OC)c(O)c1=O.[2H]C([2H])([2H])n1c(C(NC(=O)c2nnc(C)o2)(C([2H])([2H])[2H])C([2H])([2H])[2H])nc(C(=O)NCc2ccc(F)cc2)c(O)c1=O.[HH].[K+]. The number of esters is 1. The van der Waals surface area contributed by atoms with Crippen molar-refractivity contribution in [2.24, 2.45) is 39.4 Å². The van der Waals surface area contributed by atoms with Gasteiger partial charge in [0, 0.05) is 119 Å². The van der Waals surface area contributed by atoms with Crippen molar-refractivity contribution >= 4 is 47.8 Å². The number of carbonyl (C=O) groups is 8. The van der Waals surface area contributed by atoms with Crippen LogP contribution in [0.5, 0.6) is 23.0 Å². The molecular weight excluding hydrogens is 1820 g/mol. The zero-order valence-corrected chi connectivity index (χ0v) is 73.5. The van der Waals surface area contributed by atoms with E-state index in [0.717, 1.165) is 49.1 Å². The van der Waals surface area contributed by atoms with Gasteiger partial charge < -0.3 is 96.7 Å². The Balaban J connectivity index is 0.000000382. The maximum Gasteiger partial charge on any atom is 1.00 e. The largest absolute Gasteiger partial charge is 1.00 e. The Morgan fingerprint density at radius 1 is 0.426 bits per heavy atom. The van der Waals surface area contributed by atoms with Crippen molar-refractivity contribution in [1.29, 1.82) is 0 Å². The molecule has 0 saturated heterocycles. The van der Waals surface area contributed by atoms with Gasteiger partial charge in [0.15, 0.2) is 22.8 Å². The number of carbonyl (C=O) groups excluding carboxylic acids is 8. The Morgan fingerprint density at radius 2 is 0.728 bits per heavy atom. The van der Waals surface area contributed by atoms with Gasteiger partial charge in [-0.25, -0.2) is 51.9 Å². The number of hydrogen-bond acceptors (Lipinski definition) is 32. The average molecular weight is 1950 g/mol. The van der Waals surface area contributed by atoms with Crippen molar-refractivity contribution < 1.29 is 207 Å². The molecule has 47 heteroatoms. The van der Waals surface area contributed by atoms with E-state index >= 15 is 0 Å². The van der Waals surface area contributed by atoms with E-state index in [4.69, 9.17) is 74.7 Å². The van der Waals surface area contributed by atoms with Crippen LogP contribution in [0.15, 0.2) is 186 Å². The summed E-state index contributed by atoms with van der Waals surface area (Å²) in [6, 6.07) is 36.4. The van der Waals surface area contributed by atoms with Gasteiger partial charge in [-0.05, 0) is 137 Å². The number of rotatable bonds is 24. The minimum Gasteiger partial charge on any atom is -0.540 e. The molecule has 14 N–H and O–H groups in total. The van der Waals surface area contributed by atoms with E-state index in [1.807, 2.05) is 0 Å². The van der Waals surface area contributed by atoms with Crippen LogP contribution in [-0.4, -0.2) is 134 Å². The molecule has 6 amide bonds. The van der Waals surface area contributed by atoms with Gasteiger partial charge in [0.25, 0.3) is 45.8 Å². The fourth-order valence-corrected chi connectivity index (χ4v) is 9.99. The van der Waals surface area contributed by atoms with Crippen LogP contribution in [0.25, 0.3) is 0 Å². The van der Waals surface area contributed by atoms with E-state index in [2.05, 4.69) is 65.4 Å². The number of aromatic carboxylic acids is 1. The number of aromatic nitrogens is 12. The Labute approximate surface area is 866 Å². The molecule has 0 fully saturated rings. The number of alkyl carbamates (subject to hydrolysis) is 2. The molecular formula is C89H99F4KN20O22. The van der Waals surface area contributed by atoms with E-state index in [1.165, 1.54) is 62.4 Å². The number of ether oxygens (including phenoxy) is 3. The van der Waals surface area contributed by atoms with Crippen LogP contribution < -0.4 is 122 Å². The Morgan fingerprint density at radius 3 is 1.01 bits per heavy atom. The third-order valence-electron chi connectivity index (χ3n) is 16.6. The smallest absolute Gasteiger partial charge is 0.540 e. The summed E-state index contributed by atoms with van der Waals surface area (Å²) in [5.74, 6) is -24.2. The van der Waals surface area contributed by atoms with Gasteiger partial charge in [0.05, 0.1) is 29.3 Å². The number of carboxylic acid groups (broad SMARTS) is 1. The second-order valence-electron chi connectivity index (χ2n) is 26.8. The standard InChI is InChI=1S/C24H25FN4O5.C20H21FN6O5.C18H21N3O6.C16H19FN4O3.C7H8FN.C4H4N2O3.K.H2/c1-24(2,28-23(33)34-14-16-7-5-4-6-8-16)22-27-18(19(30)21(32)29(22)3)20(31)26-13-15-9-11-17(25)12-10-15;1-10-25-26-17(32-10)16(30)24-20(2,3)19-23-13(14(28)18(31)27(19)4)15(29)22-9-11-5-7-12(21)8-6-11;1-18(2,20-17(25)27-10-11-8-6-5-7-9-11)16-19-12(15(24)26-4)13(22)14(23)21(16)3;1-16(2,18)15-20-11(12(22)14(24)21(15)3)13(23)19-8-9-4-6-10(17)7-5-9;8-7-3-1-6(5-9)2-4-7;1-2-5-6-3(9-2)4(7)8;;/h4-12,30H,13-14H2,1-3H3,(H,26,31)(H,28,33);5-8,28H,9H2,1-4H3,(H,22,29)(H,24,30);5-9,22H,10H2,1-4H3,(H,20,25);4-7,22H,8,18H2,1-3H3,(H,19,23);1-4H,5,9H2;1H3,(H,7,8);;1H/q;;;;;;+1;/p-1/i1D3,2D3,3D3;2D3,3D3,4D3;2*1D3,2D3,3D3;;;;. The first-order chi connectivity index (χ1) is 78.2. The fourth-order valence-electron chi connectivity index (χ4n) is 9.99. The Hall–Kier alpha value is -15.0. The number of nitrogens with two attached hydrogens (primary N) is 2. The number of carboxylic acids is 1. The van der Waals surface area contributed by atoms with Crippen LogP contribution >= 0.6 is 0 Å². The first-order valence-corrected chi connectivity index (χ1v) is 37.2. The molecule has 0 aliphatic carbocycles. The van der Waals surface area contributed by atoms with Crippen LogP contribution in [0.1, 0.15) is 237 Å². The second kappa shape index (κ2) is 49.1. The van der Waals surface area contributed by atoms with Gasteiger partial charge in [0.1, 0.15) is 65.7 Å². The van der Waals surface area contributed by atoms with Gasteiger partial charge in [0.2, 0.25) is 34.8 Å². The molecule has 136 heavy (non-hydrogen) atoms. The second-order valence-corrected chi connectivity index (χ2v) is 26.8. The third kappa shape index (κ3) is 31.0. The summed E-state index contributed by atoms with van der Waals surface area (Å²) in [7, 11) is 0.804. The number of halogens is 4. The molecule has 0 saturated carbocycles. The van der Waals surface area contributed by atoms with Gasteiger partial charge in [-0.1, -0.05) is 109 Å². The minimum absolute atomic E-state index is 0. The predicted octanol–water partition coefficient (Wildman–Crippen LogP) is 3.09. The summed E-state index contributed by atoms with van der Waals surface area (Å²) in [5, 5.41) is 75.9. The number of aromatic hydroxyl groups is 4. The van der Waals surface area contributed by atoms with Crippen molar-refractivity contribution in [3.63, 3.8) is 0 Å². The number of aryl methyl sites for hydroxylation is 2. The molecule has 0 aliphatic heterocycles. The number of hydrogen-bond donors (Lipinski definition) is 12. The monoisotopic (exact) mass is 1950 g/mol. The molecule has 0 spiro atoms. The maximum atomic E-state index is 13.2. The van der Waals surface area contributed by atoms with Gasteiger partial charge in [-0.2, -0.15) is 0 Å². The van der Waals surface area contributed by atoms with Crippen LogP contribution in [0.3, 0.4) is 0 Å². The Bertz CT molecular complexity index is 7930. The van der Waals surface area contributed by atoms with Crippen LogP contribution in [-0.2, 0) is 104 Å². The van der Waals surface area contributed by atoms with E-state index in [9.17, 15) is 101 Å². The number of nitrogens with one attached hydrogen (secondary N) is 6. The number of benzene rings is 6. The van der Waals surface area contributed by atoms with Crippen molar-refractivity contribution in [1.82, 2.24) is 90.5 Å². The molecule has 716 valence electrons. The maximum absolute atomic E-state index is 13.2. The fraction of sp³-hybridized carbons (Fsp3) is 0.281. The molecule has 0 bridgehead atoms. The average Bonchev–Trinajstić information content (AvgIpc) is 1.37. The topological polar surface area (TPSA) is 610 Å². The van der Waals surface area contributed by atoms with Crippen LogP contribution in [0.4, 0.5) is 27.2 Å². The molecule has 0 radical (unpaired) electrons. The van der Waals surface area contributed by atoms with Crippen LogP contribution in [0.2, 0.25) is 0 Å². The predicted molar refractivity (Wildman–Crippen MR) is 471 cm³/mol. The number of nitrogens with zero attached hydrogens (tertiary/aromatic N) is 12. The van der Waals surface area contributed by atoms with Crippen molar-refractivity contribution in [2.75, 3.05) is 7.11 Å². The summed E-state index contributed by atoms with van der Waals surface area (Å²) in [6.45, 7) is -43.5. The molecule has 0 aliphatic rings. The molecule has 12 aromatic rings. The van der Waals surface area contributed by atoms with Gasteiger partial charge in [-0.15, -0.1) is 20.4 Å². The summed E-state index contributed by atoms with van der Waals surface area (Å²) >= 11 is 0. The summed E-state index contributed by atoms with van der Waals surface area (Å²) in [6.07, 6.45) is -3.26. The molecule has 0 atom stereocenters. The first kappa shape index (κ1) is 66.4. The summed E-state index contributed by atoms with van der Waals surface area (Å²) in [5.41, 5.74) is -13.3. The molecule has 6 heterocycles. The van der Waals surface area contributed by atoms with Crippen molar-refractivity contribution in [2.45, 2.75) is 130 Å². The summed E-state index contributed by atoms with van der Waals surface area (Å²) < 4.78 is 356. The van der Waals surface area contributed by atoms with E-state index in [0.29, 0.717) is 34.4 Å². The zero-order valence-electron chi connectivity index (χ0n) is 106. The quantitative estimate of drug-likeness (QED) is 0.0179. The van der Waals surface area contributed by atoms with Crippen molar-refractivity contribution in [3.8, 4) is 23.0 Å². The van der Waals surface area contributed by atoms with E-state index in [-0.39, 0.29) is 94.6 Å². The number of amides is 6. The van der Waals surface area contributed by atoms with Crippen molar-refractivity contribution in [3.05, 3.63) is 325 Å². The summed E-state index contributed by atoms with van der Waals surface area (Å²) in [4.78, 5) is 165. The van der Waals surface area contributed by atoms with E-state index in [1.54, 1.807) is 88.7 Å². The first-order valence-electron chi connectivity index (χ1n) is 55.2. The minimum atomic E-state index is -3.89. The Kier molecular flexibility index (Phi) is 24.0. The third-order valence-corrected chi connectivity index (χ3v) is 16.6. The molecule has 6 aromatic heterocycles. The van der Waals surface area contributed by atoms with E-state index < -0.39 is 300 Å². The van der Waals surface area contributed by atoms with Gasteiger partial charge in [-0.3, -0.25) is 56.6 Å².